The number of nitrogens with zero attached hydrogens (tertiary/aromatic N) is 5. The van der Waals surface area contributed by atoms with Gasteiger partial charge in [0.05, 0.1) is 24.9 Å². The summed E-state index contributed by atoms with van der Waals surface area (Å²) >= 11 is 0. The van der Waals surface area contributed by atoms with Crippen LogP contribution < -0.4 is 0 Å². The van der Waals surface area contributed by atoms with Crippen LogP contribution in [-0.4, -0.2) is 61.8 Å². The van der Waals surface area contributed by atoms with Crippen LogP contribution in [0.15, 0.2) is 36.8 Å². The van der Waals surface area contributed by atoms with E-state index >= 15 is 0 Å². The molecule has 3 rings (SSSR count). The Balaban J connectivity index is 1.47. The van der Waals surface area contributed by atoms with E-state index in [0.29, 0.717) is 6.54 Å². The van der Waals surface area contributed by atoms with Crippen LogP contribution in [0.25, 0.3) is 0 Å². The van der Waals surface area contributed by atoms with E-state index in [2.05, 4.69) is 25.9 Å². The Morgan fingerprint density at radius 2 is 1.92 bits per heavy atom. The lowest BCUT2D eigenvalue weighted by atomic mass is 10.3. The van der Waals surface area contributed by atoms with Crippen LogP contribution in [0.2, 0.25) is 0 Å². The van der Waals surface area contributed by atoms with Crippen molar-refractivity contribution in [2.24, 2.45) is 0 Å². The van der Waals surface area contributed by atoms with Crippen LogP contribution >= 0.6 is 0 Å². The van der Waals surface area contributed by atoms with Crippen molar-refractivity contribution < 1.29 is 9.90 Å². The molecular formula is C18H25N5O2. The second-order valence-corrected chi connectivity index (χ2v) is 6.48. The Labute approximate surface area is 147 Å². The quantitative estimate of drug-likeness (QED) is 0.820. The van der Waals surface area contributed by atoms with Crippen molar-refractivity contribution >= 4 is 5.97 Å². The molecule has 0 aromatic carbocycles. The second-order valence-electron chi connectivity index (χ2n) is 6.48. The predicted molar refractivity (Wildman–Crippen MR) is 93.9 cm³/mol. The zero-order valence-electron chi connectivity index (χ0n) is 14.4. The van der Waals surface area contributed by atoms with Gasteiger partial charge in [0.2, 0.25) is 0 Å². The Hall–Kier alpha value is -2.25. The number of aliphatic carboxylic acids is 1. The van der Waals surface area contributed by atoms with Gasteiger partial charge in [0, 0.05) is 44.1 Å². The first-order valence-corrected chi connectivity index (χ1v) is 8.77. The second kappa shape index (κ2) is 8.73. The average molecular weight is 343 g/mol. The molecule has 7 nitrogen and oxygen atoms in total. The minimum absolute atomic E-state index is 0.104. The predicted octanol–water partition coefficient (Wildman–Crippen LogP) is 1.46. The molecule has 25 heavy (non-hydrogen) atoms. The van der Waals surface area contributed by atoms with Crippen molar-refractivity contribution in [1.29, 1.82) is 0 Å². The largest absolute Gasteiger partial charge is 0.481 e. The van der Waals surface area contributed by atoms with Gasteiger partial charge in [-0.1, -0.05) is 6.07 Å². The van der Waals surface area contributed by atoms with Crippen molar-refractivity contribution in [2.75, 3.05) is 26.2 Å². The molecule has 3 heterocycles. The van der Waals surface area contributed by atoms with Gasteiger partial charge in [-0.3, -0.25) is 24.3 Å². The first-order chi connectivity index (χ1) is 12.2. The standard InChI is InChI=1S/C18H25N5O2/c24-18(25)5-9-23-14-16(12-20-23)13-21-7-3-8-22(11-10-21)15-17-4-1-2-6-19-17/h1-2,4,6,12,14H,3,5,7-11,13,15H2,(H,24,25). The maximum absolute atomic E-state index is 10.6. The van der Waals surface area contributed by atoms with Gasteiger partial charge < -0.3 is 5.11 Å². The van der Waals surface area contributed by atoms with Crippen LogP contribution in [0.5, 0.6) is 0 Å². The Kier molecular flexibility index (Phi) is 6.14. The van der Waals surface area contributed by atoms with Crippen molar-refractivity contribution in [3.8, 4) is 0 Å². The number of carbonyl (C=O) groups is 1. The summed E-state index contributed by atoms with van der Waals surface area (Å²) in [5, 5.41) is 13.0. The molecule has 2 aromatic rings. The maximum Gasteiger partial charge on any atom is 0.305 e. The van der Waals surface area contributed by atoms with Gasteiger partial charge in [-0.15, -0.1) is 0 Å². The van der Waals surface area contributed by atoms with Crippen molar-refractivity contribution in [3.63, 3.8) is 0 Å². The van der Waals surface area contributed by atoms with Gasteiger partial charge >= 0.3 is 5.97 Å². The molecule has 0 atom stereocenters. The van der Waals surface area contributed by atoms with Crippen molar-refractivity contribution in [1.82, 2.24) is 24.6 Å². The fraction of sp³-hybridized carbons (Fsp3) is 0.500. The summed E-state index contributed by atoms with van der Waals surface area (Å²) in [5.41, 5.74) is 2.26. The maximum atomic E-state index is 10.6. The van der Waals surface area contributed by atoms with E-state index in [-0.39, 0.29) is 6.42 Å². The Morgan fingerprint density at radius 1 is 1.12 bits per heavy atom. The van der Waals surface area contributed by atoms with E-state index in [1.165, 1.54) is 0 Å². The van der Waals surface area contributed by atoms with Gasteiger partial charge in [0.15, 0.2) is 0 Å². The van der Waals surface area contributed by atoms with E-state index < -0.39 is 5.97 Å². The Morgan fingerprint density at radius 3 is 2.64 bits per heavy atom. The fourth-order valence-corrected chi connectivity index (χ4v) is 3.14. The highest BCUT2D eigenvalue weighted by Crippen LogP contribution is 2.11. The van der Waals surface area contributed by atoms with E-state index in [4.69, 9.17) is 5.11 Å². The number of hydrogen-bond donors (Lipinski definition) is 1. The zero-order chi connectivity index (χ0) is 17.5. The summed E-state index contributed by atoms with van der Waals surface area (Å²) < 4.78 is 1.72. The third-order valence-corrected chi connectivity index (χ3v) is 4.44. The summed E-state index contributed by atoms with van der Waals surface area (Å²) in [6.45, 7) is 6.40. The molecule has 0 radical (unpaired) electrons. The van der Waals surface area contributed by atoms with Gasteiger partial charge in [-0.2, -0.15) is 5.10 Å². The third kappa shape index (κ3) is 5.65. The SMILES string of the molecule is O=C(O)CCn1cc(CN2CCCN(Cc3ccccn3)CC2)cn1. The zero-order valence-corrected chi connectivity index (χ0v) is 14.4. The number of pyridine rings is 1. The van der Waals surface area contributed by atoms with Gasteiger partial charge in [-0.05, 0) is 31.6 Å². The molecule has 0 bridgehead atoms. The molecule has 1 aliphatic heterocycles. The van der Waals surface area contributed by atoms with Crippen molar-refractivity contribution in [2.45, 2.75) is 32.5 Å². The summed E-state index contributed by atoms with van der Waals surface area (Å²) in [4.78, 5) is 20.0. The summed E-state index contributed by atoms with van der Waals surface area (Å²) in [6, 6.07) is 6.06. The van der Waals surface area contributed by atoms with Crippen LogP contribution in [-0.2, 0) is 24.4 Å². The highest BCUT2D eigenvalue weighted by atomic mass is 16.4. The molecule has 1 saturated heterocycles. The number of aryl methyl sites for hydroxylation is 1. The molecule has 0 aliphatic carbocycles. The molecule has 2 aromatic heterocycles. The van der Waals surface area contributed by atoms with E-state index in [9.17, 15) is 4.79 Å². The highest BCUT2D eigenvalue weighted by molar-refractivity contribution is 5.66. The molecular weight excluding hydrogens is 318 g/mol. The van der Waals surface area contributed by atoms with Crippen LogP contribution in [0.1, 0.15) is 24.1 Å². The number of aromatic nitrogens is 3. The number of carboxylic acid groups (broad SMARTS) is 1. The molecule has 0 saturated carbocycles. The molecule has 0 amide bonds. The van der Waals surface area contributed by atoms with Gasteiger partial charge in [-0.25, -0.2) is 0 Å². The number of carboxylic acids is 1. The van der Waals surface area contributed by atoms with Gasteiger partial charge in [0.25, 0.3) is 0 Å². The lowest BCUT2D eigenvalue weighted by molar-refractivity contribution is -0.137. The summed E-state index contributed by atoms with van der Waals surface area (Å²) in [5.74, 6) is -0.794. The highest BCUT2D eigenvalue weighted by Gasteiger charge is 2.16. The van der Waals surface area contributed by atoms with Crippen LogP contribution in [0, 0.1) is 0 Å². The molecule has 7 heteroatoms. The number of rotatable bonds is 7. The monoisotopic (exact) mass is 343 g/mol. The minimum atomic E-state index is -0.794. The minimum Gasteiger partial charge on any atom is -0.481 e. The fourth-order valence-electron chi connectivity index (χ4n) is 3.14. The molecule has 1 fully saturated rings. The van der Waals surface area contributed by atoms with E-state index in [1.807, 2.05) is 30.7 Å². The van der Waals surface area contributed by atoms with Crippen molar-refractivity contribution in [3.05, 3.63) is 48.0 Å². The van der Waals surface area contributed by atoms with Crippen LogP contribution in [0.4, 0.5) is 0 Å². The molecule has 1 aliphatic rings. The third-order valence-electron chi connectivity index (χ3n) is 4.44. The first kappa shape index (κ1) is 17.6. The molecule has 1 N–H and O–H groups in total. The molecule has 134 valence electrons. The van der Waals surface area contributed by atoms with Crippen LogP contribution in [0.3, 0.4) is 0 Å². The lowest BCUT2D eigenvalue weighted by Gasteiger charge is -2.21. The van der Waals surface area contributed by atoms with E-state index in [1.54, 1.807) is 4.68 Å². The summed E-state index contributed by atoms with van der Waals surface area (Å²) in [6.07, 6.45) is 6.90. The Bertz CT molecular complexity index is 673. The molecule has 0 spiro atoms. The number of hydrogen-bond acceptors (Lipinski definition) is 5. The first-order valence-electron chi connectivity index (χ1n) is 8.77. The summed E-state index contributed by atoms with van der Waals surface area (Å²) in [7, 11) is 0. The normalized spacial score (nSPS) is 16.6. The molecule has 0 unspecified atom stereocenters. The lowest BCUT2D eigenvalue weighted by Crippen LogP contribution is -2.30. The van der Waals surface area contributed by atoms with E-state index in [0.717, 1.165) is 56.9 Å². The van der Waals surface area contributed by atoms with Gasteiger partial charge in [0.1, 0.15) is 0 Å². The average Bonchev–Trinajstić information content (AvgIpc) is 2.94. The smallest absolute Gasteiger partial charge is 0.305 e. The topological polar surface area (TPSA) is 74.5 Å².